The molecule has 0 saturated heterocycles. The second kappa shape index (κ2) is 5.01. The van der Waals surface area contributed by atoms with Gasteiger partial charge < -0.3 is 5.73 Å². The molecule has 3 rings (SSSR count). The molecule has 5 nitrogen and oxygen atoms in total. The Morgan fingerprint density at radius 1 is 1.26 bits per heavy atom. The monoisotopic (exact) mass is 256 g/mol. The van der Waals surface area contributed by atoms with Gasteiger partial charge in [-0.1, -0.05) is 36.3 Å². The Labute approximate surface area is 112 Å². The van der Waals surface area contributed by atoms with E-state index in [0.717, 1.165) is 17.0 Å². The van der Waals surface area contributed by atoms with Crippen molar-refractivity contribution in [2.45, 2.75) is 32.4 Å². The lowest BCUT2D eigenvalue weighted by atomic mass is 9.82. The first-order valence-corrected chi connectivity index (χ1v) is 6.67. The summed E-state index contributed by atoms with van der Waals surface area (Å²) in [7, 11) is 0. The second-order valence-corrected chi connectivity index (χ2v) is 5.27. The van der Waals surface area contributed by atoms with Gasteiger partial charge in [0.25, 0.3) is 0 Å². The molecule has 1 aromatic heterocycles. The van der Waals surface area contributed by atoms with Gasteiger partial charge in [0.05, 0.1) is 5.10 Å². The molecule has 98 valence electrons. The summed E-state index contributed by atoms with van der Waals surface area (Å²) >= 11 is 0. The van der Waals surface area contributed by atoms with Gasteiger partial charge in [-0.2, -0.15) is 0 Å². The van der Waals surface area contributed by atoms with Gasteiger partial charge in [0.2, 0.25) is 5.82 Å². The van der Waals surface area contributed by atoms with Crippen LogP contribution in [0, 0.1) is 5.92 Å². The molecule has 2 aromatic rings. The molecule has 1 heterocycles. The molecule has 0 radical (unpaired) electrons. The van der Waals surface area contributed by atoms with Crippen LogP contribution in [0.25, 0.3) is 11.4 Å². The zero-order valence-electron chi connectivity index (χ0n) is 11.0. The Morgan fingerprint density at radius 2 is 2.00 bits per heavy atom. The highest BCUT2D eigenvalue weighted by molar-refractivity contribution is 5.53. The lowest BCUT2D eigenvalue weighted by Crippen LogP contribution is -2.49. The van der Waals surface area contributed by atoms with Gasteiger partial charge in [0.15, 0.2) is 0 Å². The van der Waals surface area contributed by atoms with Crippen molar-refractivity contribution in [1.29, 1.82) is 0 Å². The number of hydrogen-bond acceptors (Lipinski definition) is 4. The number of nitrogens with zero attached hydrogens (tertiary/aromatic N) is 4. The Balaban J connectivity index is 1.85. The highest BCUT2D eigenvalue weighted by Crippen LogP contribution is 2.32. The van der Waals surface area contributed by atoms with Crippen molar-refractivity contribution >= 4 is 0 Å². The predicted octanol–water partition coefficient (Wildman–Crippen LogP) is 1.26. The summed E-state index contributed by atoms with van der Waals surface area (Å²) in [5.41, 5.74) is 7.68. The third kappa shape index (κ3) is 2.46. The summed E-state index contributed by atoms with van der Waals surface area (Å²) in [6.45, 7) is 2.81. The van der Waals surface area contributed by atoms with Gasteiger partial charge in [-0.25, -0.2) is 0 Å². The van der Waals surface area contributed by atoms with E-state index in [4.69, 9.17) is 5.73 Å². The summed E-state index contributed by atoms with van der Waals surface area (Å²) in [5.74, 6) is 1.46. The van der Waals surface area contributed by atoms with Gasteiger partial charge in [-0.3, -0.25) is 0 Å². The summed E-state index contributed by atoms with van der Waals surface area (Å²) in [4.78, 5) is 0. The van der Waals surface area contributed by atoms with Crippen LogP contribution in [0.2, 0.25) is 0 Å². The highest BCUT2D eigenvalue weighted by Gasteiger charge is 2.32. The van der Waals surface area contributed by atoms with Gasteiger partial charge in [-0.15, -0.1) is 4.68 Å². The van der Waals surface area contributed by atoms with Crippen molar-refractivity contribution in [2.24, 2.45) is 11.7 Å². The minimum absolute atomic E-state index is 0.479. The van der Waals surface area contributed by atoms with Crippen LogP contribution in [-0.4, -0.2) is 15.3 Å². The van der Waals surface area contributed by atoms with Crippen molar-refractivity contribution < 1.29 is 4.68 Å². The van der Waals surface area contributed by atoms with E-state index < -0.39 is 0 Å². The molecule has 0 spiro atoms. The molecule has 2 N–H and O–H groups in total. The van der Waals surface area contributed by atoms with E-state index in [2.05, 4.69) is 22.2 Å². The Morgan fingerprint density at radius 3 is 2.63 bits per heavy atom. The number of hydrogen-bond donors (Lipinski definition) is 1. The fourth-order valence-electron chi connectivity index (χ4n) is 2.45. The van der Waals surface area contributed by atoms with Crippen LogP contribution >= 0.6 is 0 Å². The van der Waals surface area contributed by atoms with E-state index in [1.165, 1.54) is 12.8 Å². The largest absolute Gasteiger partial charge is 0.335 e. The van der Waals surface area contributed by atoms with Crippen LogP contribution in [0.15, 0.2) is 30.6 Å². The number of nitrogens with two attached hydrogens (primary N) is 1. The summed E-state index contributed by atoms with van der Waals surface area (Å²) < 4.78 is 1.94. The van der Waals surface area contributed by atoms with Crippen molar-refractivity contribution in [3.05, 3.63) is 36.2 Å². The number of aromatic nitrogens is 4. The van der Waals surface area contributed by atoms with Crippen molar-refractivity contribution in [1.82, 2.24) is 15.3 Å². The van der Waals surface area contributed by atoms with Gasteiger partial charge in [-0.05, 0) is 29.4 Å². The van der Waals surface area contributed by atoms with E-state index in [1.54, 1.807) is 6.33 Å². The van der Waals surface area contributed by atoms with E-state index in [0.29, 0.717) is 18.4 Å². The first kappa shape index (κ1) is 12.2. The topological polar surface area (TPSA) is 68.6 Å². The molecule has 1 saturated carbocycles. The standard InChI is InChI=1S/C14H18N5/c1-10-6-13(7-10)19-9-16-17-14(18-19)12-4-2-11(8-15)3-5-12/h2-5,9-10,13H,6-8,15H2,1H3/q+1. The number of benzene rings is 1. The van der Waals surface area contributed by atoms with Crippen molar-refractivity contribution in [3.8, 4) is 11.4 Å². The predicted molar refractivity (Wildman–Crippen MR) is 70.8 cm³/mol. The van der Waals surface area contributed by atoms with E-state index in [1.807, 2.05) is 28.9 Å². The van der Waals surface area contributed by atoms with Crippen LogP contribution in [0.3, 0.4) is 0 Å². The Hall–Kier alpha value is -1.88. The zero-order chi connectivity index (χ0) is 13.2. The minimum Gasteiger partial charge on any atom is -0.326 e. The van der Waals surface area contributed by atoms with Crippen LogP contribution in [0.4, 0.5) is 0 Å². The van der Waals surface area contributed by atoms with Gasteiger partial charge in [0, 0.05) is 12.1 Å². The average Bonchev–Trinajstić information content (AvgIpc) is 2.44. The molecule has 0 unspecified atom stereocenters. The SMILES string of the molecule is CC1CC([n+]2cnnc(-c3ccc(CN)cc3)n2)C1. The van der Waals surface area contributed by atoms with Crippen molar-refractivity contribution in [2.75, 3.05) is 0 Å². The van der Waals surface area contributed by atoms with E-state index in [-0.39, 0.29) is 0 Å². The highest BCUT2D eigenvalue weighted by atomic mass is 15.4. The smallest absolute Gasteiger partial charge is 0.326 e. The normalized spacial score (nSPS) is 22.0. The fourth-order valence-corrected chi connectivity index (χ4v) is 2.45. The van der Waals surface area contributed by atoms with Gasteiger partial charge in [0.1, 0.15) is 6.04 Å². The van der Waals surface area contributed by atoms with Crippen LogP contribution in [-0.2, 0) is 6.54 Å². The third-order valence-electron chi connectivity index (χ3n) is 3.70. The fraction of sp³-hybridized carbons (Fsp3) is 0.429. The van der Waals surface area contributed by atoms with E-state index in [9.17, 15) is 0 Å². The molecule has 5 heteroatoms. The van der Waals surface area contributed by atoms with Crippen molar-refractivity contribution in [3.63, 3.8) is 0 Å². The van der Waals surface area contributed by atoms with Gasteiger partial charge >= 0.3 is 6.33 Å². The molecule has 0 amide bonds. The van der Waals surface area contributed by atoms with E-state index >= 15 is 0 Å². The molecule has 19 heavy (non-hydrogen) atoms. The maximum Gasteiger partial charge on any atom is 0.335 e. The summed E-state index contributed by atoms with van der Waals surface area (Å²) in [5, 5.41) is 12.7. The lowest BCUT2D eigenvalue weighted by molar-refractivity contribution is -0.791. The summed E-state index contributed by atoms with van der Waals surface area (Å²) in [6.07, 6.45) is 4.07. The van der Waals surface area contributed by atoms with Crippen LogP contribution in [0.1, 0.15) is 31.4 Å². The zero-order valence-corrected chi connectivity index (χ0v) is 11.0. The number of rotatable bonds is 3. The molecule has 0 aliphatic heterocycles. The minimum atomic E-state index is 0.479. The van der Waals surface area contributed by atoms with Crippen LogP contribution in [0.5, 0.6) is 0 Å². The third-order valence-corrected chi connectivity index (χ3v) is 3.70. The Kier molecular flexibility index (Phi) is 3.21. The lowest BCUT2D eigenvalue weighted by Gasteiger charge is -2.28. The molecule has 1 aliphatic carbocycles. The first-order valence-electron chi connectivity index (χ1n) is 6.67. The molecule has 1 aromatic carbocycles. The average molecular weight is 256 g/mol. The second-order valence-electron chi connectivity index (χ2n) is 5.27. The molecule has 0 atom stereocenters. The van der Waals surface area contributed by atoms with Crippen LogP contribution < -0.4 is 10.4 Å². The maximum atomic E-state index is 5.59. The molecular weight excluding hydrogens is 238 g/mol. The molecule has 0 bridgehead atoms. The Bertz CT molecular complexity index is 560. The molecular formula is C14H18N5+. The maximum absolute atomic E-state index is 5.59. The molecule has 1 aliphatic rings. The molecule has 1 fully saturated rings. The quantitative estimate of drug-likeness (QED) is 0.839. The summed E-state index contributed by atoms with van der Waals surface area (Å²) in [6, 6.07) is 8.47. The first-order chi connectivity index (χ1) is 9.26.